The summed E-state index contributed by atoms with van der Waals surface area (Å²) in [5.74, 6) is 0.831. The summed E-state index contributed by atoms with van der Waals surface area (Å²) in [6.45, 7) is 5.33. The van der Waals surface area contributed by atoms with Gasteiger partial charge in [-0.15, -0.1) is 0 Å². The Bertz CT molecular complexity index is 1080. The summed E-state index contributed by atoms with van der Waals surface area (Å²) in [4.78, 5) is 17.0. The first-order valence-corrected chi connectivity index (χ1v) is 13.3. The van der Waals surface area contributed by atoms with Gasteiger partial charge in [-0.3, -0.25) is 4.79 Å². The maximum absolute atomic E-state index is 12.7. The van der Waals surface area contributed by atoms with Crippen LogP contribution in [-0.4, -0.2) is 58.6 Å². The Hall–Kier alpha value is -2.58. The highest BCUT2D eigenvalue weighted by Gasteiger charge is 2.24. The molecule has 1 saturated heterocycles. The Morgan fingerprint density at radius 1 is 1.00 bits per heavy atom. The van der Waals surface area contributed by atoms with Crippen molar-refractivity contribution >= 4 is 21.6 Å². The van der Waals surface area contributed by atoms with Crippen LogP contribution in [0.5, 0.6) is 5.75 Å². The topological polar surface area (TPSA) is 79.0 Å². The second-order valence-electron chi connectivity index (χ2n) is 8.55. The molecule has 7 nitrogen and oxygen atoms in total. The van der Waals surface area contributed by atoms with Crippen LogP contribution < -0.4 is 14.4 Å². The number of carbonyl (C=O) groups is 1. The molecule has 1 aliphatic heterocycles. The summed E-state index contributed by atoms with van der Waals surface area (Å²) in [6, 6.07) is 13.3. The molecule has 0 bridgehead atoms. The number of carbonyl (C=O) groups excluding carboxylic acids is 1. The SMILES string of the molecule is CCOc1ccccc1N1CCN(C(=O)CCNS(=O)(=O)c2ccc3c(c2)CCCC3)CC1. The van der Waals surface area contributed by atoms with Gasteiger partial charge in [0.1, 0.15) is 5.75 Å². The number of anilines is 1. The predicted octanol–water partition coefficient (Wildman–Crippen LogP) is 2.98. The lowest BCUT2D eigenvalue weighted by molar-refractivity contribution is -0.131. The van der Waals surface area contributed by atoms with E-state index in [0.717, 1.165) is 55.8 Å². The number of benzene rings is 2. The molecular formula is C25H33N3O4S. The summed E-state index contributed by atoms with van der Waals surface area (Å²) in [5.41, 5.74) is 3.42. The molecular weight excluding hydrogens is 438 g/mol. The zero-order valence-corrected chi connectivity index (χ0v) is 20.1. The molecule has 8 heteroatoms. The highest BCUT2D eigenvalue weighted by atomic mass is 32.2. The van der Waals surface area contributed by atoms with Gasteiger partial charge in [0.05, 0.1) is 17.2 Å². The van der Waals surface area contributed by atoms with Gasteiger partial charge in [-0.05, 0) is 68.0 Å². The number of nitrogens with one attached hydrogen (secondary N) is 1. The van der Waals surface area contributed by atoms with Crippen LogP contribution in [0.3, 0.4) is 0 Å². The Morgan fingerprint density at radius 3 is 2.48 bits per heavy atom. The second-order valence-corrected chi connectivity index (χ2v) is 10.3. The van der Waals surface area contributed by atoms with Crippen LogP contribution >= 0.6 is 0 Å². The Morgan fingerprint density at radius 2 is 1.73 bits per heavy atom. The number of rotatable bonds is 8. The van der Waals surface area contributed by atoms with Gasteiger partial charge in [0, 0.05) is 39.1 Å². The number of piperazine rings is 1. The molecule has 4 rings (SSSR count). The van der Waals surface area contributed by atoms with Crippen molar-refractivity contribution < 1.29 is 17.9 Å². The second kappa shape index (κ2) is 10.6. The van der Waals surface area contributed by atoms with Gasteiger partial charge in [0.2, 0.25) is 15.9 Å². The van der Waals surface area contributed by atoms with Crippen molar-refractivity contribution in [1.82, 2.24) is 9.62 Å². The zero-order chi connectivity index (χ0) is 23.3. The Labute approximate surface area is 196 Å². The van der Waals surface area contributed by atoms with Gasteiger partial charge in [-0.1, -0.05) is 18.2 Å². The van der Waals surface area contributed by atoms with Gasteiger partial charge < -0.3 is 14.5 Å². The van der Waals surface area contributed by atoms with Crippen LogP contribution in [0.2, 0.25) is 0 Å². The molecule has 0 spiro atoms. The molecule has 1 amide bonds. The third-order valence-electron chi connectivity index (χ3n) is 6.40. The van der Waals surface area contributed by atoms with Crippen molar-refractivity contribution in [2.24, 2.45) is 0 Å². The lowest BCUT2D eigenvalue weighted by Gasteiger charge is -2.36. The molecule has 178 valence electrons. The zero-order valence-electron chi connectivity index (χ0n) is 19.3. The molecule has 33 heavy (non-hydrogen) atoms. The van der Waals surface area contributed by atoms with E-state index >= 15 is 0 Å². The molecule has 0 radical (unpaired) electrons. The van der Waals surface area contributed by atoms with E-state index in [9.17, 15) is 13.2 Å². The quantitative estimate of drug-likeness (QED) is 0.640. The fraction of sp³-hybridized carbons (Fsp3) is 0.480. The maximum atomic E-state index is 12.7. The summed E-state index contributed by atoms with van der Waals surface area (Å²) in [7, 11) is -3.62. The van der Waals surface area contributed by atoms with E-state index in [4.69, 9.17) is 4.74 Å². The minimum Gasteiger partial charge on any atom is -0.492 e. The Balaban J connectivity index is 1.27. The molecule has 1 aliphatic carbocycles. The monoisotopic (exact) mass is 471 g/mol. The smallest absolute Gasteiger partial charge is 0.240 e. The third-order valence-corrected chi connectivity index (χ3v) is 7.86. The molecule has 0 unspecified atom stereocenters. The maximum Gasteiger partial charge on any atom is 0.240 e. The first-order chi connectivity index (χ1) is 16.0. The van der Waals surface area contributed by atoms with Crippen molar-refractivity contribution in [3.8, 4) is 5.75 Å². The number of nitrogens with zero attached hydrogens (tertiary/aromatic N) is 2. The molecule has 0 atom stereocenters. The number of ether oxygens (including phenoxy) is 1. The van der Waals surface area contributed by atoms with Gasteiger partial charge in [0.25, 0.3) is 0 Å². The minimum absolute atomic E-state index is 0.0270. The number of sulfonamides is 1. The van der Waals surface area contributed by atoms with Crippen LogP contribution in [0.25, 0.3) is 0 Å². The van der Waals surface area contributed by atoms with Gasteiger partial charge in [-0.25, -0.2) is 13.1 Å². The average molecular weight is 472 g/mol. The molecule has 1 heterocycles. The number of hydrogen-bond acceptors (Lipinski definition) is 5. The highest BCUT2D eigenvalue weighted by molar-refractivity contribution is 7.89. The minimum atomic E-state index is -3.62. The normalized spacial score (nSPS) is 16.4. The summed E-state index contributed by atoms with van der Waals surface area (Å²) >= 11 is 0. The fourth-order valence-corrected chi connectivity index (χ4v) is 5.69. The number of amides is 1. The number of hydrogen-bond donors (Lipinski definition) is 1. The summed E-state index contributed by atoms with van der Waals surface area (Å²) in [6.07, 6.45) is 4.36. The van der Waals surface area contributed by atoms with Crippen molar-refractivity contribution in [2.75, 3.05) is 44.2 Å². The molecule has 1 N–H and O–H groups in total. The van der Waals surface area contributed by atoms with Gasteiger partial charge in [0.15, 0.2) is 0 Å². The first kappa shape index (κ1) is 23.6. The Kier molecular flexibility index (Phi) is 7.55. The molecule has 0 aromatic heterocycles. The van der Waals surface area contributed by atoms with Crippen molar-refractivity contribution in [3.05, 3.63) is 53.6 Å². The molecule has 2 aromatic rings. The van der Waals surface area contributed by atoms with Crippen LogP contribution in [0, 0.1) is 0 Å². The molecule has 2 aromatic carbocycles. The van der Waals surface area contributed by atoms with Crippen LogP contribution in [-0.2, 0) is 27.7 Å². The summed E-state index contributed by atoms with van der Waals surface area (Å²) < 4.78 is 33.7. The first-order valence-electron chi connectivity index (χ1n) is 11.8. The van der Waals surface area contributed by atoms with Crippen molar-refractivity contribution in [1.29, 1.82) is 0 Å². The van der Waals surface area contributed by atoms with E-state index in [2.05, 4.69) is 9.62 Å². The largest absolute Gasteiger partial charge is 0.492 e. The van der Waals surface area contributed by atoms with Crippen molar-refractivity contribution in [2.45, 2.75) is 43.9 Å². The van der Waals surface area contributed by atoms with Gasteiger partial charge in [-0.2, -0.15) is 0 Å². The van der Waals surface area contributed by atoms with Gasteiger partial charge >= 0.3 is 0 Å². The molecule has 0 saturated carbocycles. The van der Waals surface area contributed by atoms with Crippen LogP contribution in [0.1, 0.15) is 37.3 Å². The lowest BCUT2D eigenvalue weighted by atomic mass is 9.92. The molecule has 1 fully saturated rings. The number of fused-ring (bicyclic) bond motifs is 1. The average Bonchev–Trinajstić information content (AvgIpc) is 2.84. The van der Waals surface area contributed by atoms with Crippen LogP contribution in [0.15, 0.2) is 47.4 Å². The van der Waals surface area contributed by atoms with Crippen molar-refractivity contribution in [3.63, 3.8) is 0 Å². The van der Waals surface area contributed by atoms with E-state index in [1.807, 2.05) is 42.2 Å². The van der Waals surface area contributed by atoms with Crippen LogP contribution in [0.4, 0.5) is 5.69 Å². The van der Waals surface area contributed by atoms with E-state index in [1.165, 1.54) is 5.56 Å². The standard InChI is InChI=1S/C25H33N3O4S/c1-2-32-24-10-6-5-9-23(24)27-15-17-28(18-16-27)25(29)13-14-26-33(30,31)22-12-11-20-7-3-4-8-21(20)19-22/h5-6,9-12,19,26H,2-4,7-8,13-18H2,1H3. The molecule has 2 aliphatic rings. The lowest BCUT2D eigenvalue weighted by Crippen LogP contribution is -2.49. The fourth-order valence-electron chi connectivity index (χ4n) is 4.60. The predicted molar refractivity (Wildman–Crippen MR) is 129 cm³/mol. The number of aryl methyl sites for hydroxylation is 2. The van der Waals surface area contributed by atoms with E-state index in [0.29, 0.717) is 19.7 Å². The van der Waals surface area contributed by atoms with E-state index in [-0.39, 0.29) is 23.8 Å². The number of para-hydroxylation sites is 2. The third kappa shape index (κ3) is 5.68. The summed E-state index contributed by atoms with van der Waals surface area (Å²) in [5, 5.41) is 0. The van der Waals surface area contributed by atoms with E-state index < -0.39 is 10.0 Å². The highest BCUT2D eigenvalue weighted by Crippen LogP contribution is 2.29. The van der Waals surface area contributed by atoms with E-state index in [1.54, 1.807) is 12.1 Å².